The summed E-state index contributed by atoms with van der Waals surface area (Å²) in [6.07, 6.45) is 1.71. The van der Waals surface area contributed by atoms with Crippen molar-refractivity contribution < 1.29 is 9.47 Å². The van der Waals surface area contributed by atoms with Crippen LogP contribution < -0.4 is 14.3 Å². The SMILES string of the molecule is Cn1/c(=N/N=C/c2ccc3c(c2)OCO3)sc2ccccc21. The van der Waals surface area contributed by atoms with E-state index in [0.717, 1.165) is 27.4 Å². The molecule has 3 aromatic rings. The third-order valence-electron chi connectivity index (χ3n) is 3.46. The number of ether oxygens (including phenoxy) is 2. The summed E-state index contributed by atoms with van der Waals surface area (Å²) < 4.78 is 13.9. The highest BCUT2D eigenvalue weighted by molar-refractivity contribution is 7.16. The van der Waals surface area contributed by atoms with Gasteiger partial charge in [0.25, 0.3) is 0 Å². The summed E-state index contributed by atoms with van der Waals surface area (Å²) in [4.78, 5) is 0.859. The molecule has 110 valence electrons. The highest BCUT2D eigenvalue weighted by Gasteiger charge is 2.12. The molecule has 0 radical (unpaired) electrons. The average molecular weight is 311 g/mol. The highest BCUT2D eigenvalue weighted by atomic mass is 32.1. The van der Waals surface area contributed by atoms with Gasteiger partial charge in [0.2, 0.25) is 11.6 Å². The van der Waals surface area contributed by atoms with Crippen LogP contribution in [0.3, 0.4) is 0 Å². The van der Waals surface area contributed by atoms with Crippen LogP contribution in [0, 0.1) is 0 Å². The van der Waals surface area contributed by atoms with E-state index in [2.05, 4.69) is 22.3 Å². The van der Waals surface area contributed by atoms with Gasteiger partial charge in [0.1, 0.15) is 0 Å². The van der Waals surface area contributed by atoms with Crippen LogP contribution in [0.2, 0.25) is 0 Å². The molecule has 4 rings (SSSR count). The Morgan fingerprint density at radius 3 is 2.91 bits per heavy atom. The highest BCUT2D eigenvalue weighted by Crippen LogP contribution is 2.31. The van der Waals surface area contributed by atoms with Crippen LogP contribution in [0.5, 0.6) is 11.5 Å². The number of hydrogen-bond acceptors (Lipinski definition) is 5. The van der Waals surface area contributed by atoms with Crippen LogP contribution in [0.1, 0.15) is 5.56 Å². The monoisotopic (exact) mass is 311 g/mol. The molecule has 0 unspecified atom stereocenters. The van der Waals surface area contributed by atoms with E-state index >= 15 is 0 Å². The van der Waals surface area contributed by atoms with Crippen LogP contribution in [0.4, 0.5) is 0 Å². The normalized spacial score (nSPS) is 14.3. The molecule has 0 saturated heterocycles. The number of para-hydroxylation sites is 1. The minimum Gasteiger partial charge on any atom is -0.454 e. The third-order valence-corrected chi connectivity index (χ3v) is 4.56. The lowest BCUT2D eigenvalue weighted by Gasteiger charge is -1.96. The summed E-state index contributed by atoms with van der Waals surface area (Å²) in [5.41, 5.74) is 2.08. The minimum atomic E-state index is 0.276. The lowest BCUT2D eigenvalue weighted by atomic mass is 10.2. The van der Waals surface area contributed by atoms with Crippen molar-refractivity contribution in [3.8, 4) is 11.5 Å². The van der Waals surface area contributed by atoms with Gasteiger partial charge >= 0.3 is 0 Å². The molecule has 1 aromatic heterocycles. The van der Waals surface area contributed by atoms with E-state index in [-0.39, 0.29) is 6.79 Å². The Bertz CT molecular complexity index is 940. The molecule has 0 amide bonds. The fourth-order valence-corrected chi connectivity index (χ4v) is 3.29. The second-order valence-corrected chi connectivity index (χ2v) is 5.88. The number of benzene rings is 2. The Kier molecular flexibility index (Phi) is 3.16. The van der Waals surface area contributed by atoms with E-state index in [1.165, 1.54) is 4.70 Å². The lowest BCUT2D eigenvalue weighted by molar-refractivity contribution is 0.174. The van der Waals surface area contributed by atoms with Crippen molar-refractivity contribution in [3.05, 3.63) is 52.8 Å². The molecule has 0 atom stereocenters. The molecule has 6 heteroatoms. The standard InChI is InChI=1S/C16H13N3O2S/c1-19-12-4-2-3-5-15(12)22-16(19)18-17-9-11-6-7-13-14(8-11)21-10-20-13/h2-9H,10H2,1H3/b17-9+,18-16-. The quantitative estimate of drug-likeness (QED) is 0.540. The van der Waals surface area contributed by atoms with Crippen LogP contribution in [-0.4, -0.2) is 17.6 Å². The Hall–Kier alpha value is -2.60. The van der Waals surface area contributed by atoms with Gasteiger partial charge < -0.3 is 14.0 Å². The first-order valence-corrected chi connectivity index (χ1v) is 7.64. The molecular formula is C16H13N3O2S. The molecular weight excluding hydrogens is 298 g/mol. The number of rotatable bonds is 2. The molecule has 2 heterocycles. The van der Waals surface area contributed by atoms with Gasteiger partial charge in [-0.3, -0.25) is 0 Å². The van der Waals surface area contributed by atoms with Crippen molar-refractivity contribution in [2.75, 3.05) is 6.79 Å². The van der Waals surface area contributed by atoms with E-state index in [9.17, 15) is 0 Å². The molecule has 0 aliphatic carbocycles. The second kappa shape index (κ2) is 5.31. The summed E-state index contributed by atoms with van der Waals surface area (Å²) >= 11 is 1.62. The fraction of sp³-hybridized carbons (Fsp3) is 0.125. The maximum absolute atomic E-state index is 5.35. The molecule has 1 aliphatic rings. The average Bonchev–Trinajstić information content (AvgIpc) is 3.12. The fourth-order valence-electron chi connectivity index (χ4n) is 2.32. The van der Waals surface area contributed by atoms with E-state index in [1.54, 1.807) is 17.6 Å². The van der Waals surface area contributed by atoms with Gasteiger partial charge in [0.15, 0.2) is 11.5 Å². The predicted octanol–water partition coefficient (Wildman–Crippen LogP) is 2.90. The summed E-state index contributed by atoms with van der Waals surface area (Å²) in [6, 6.07) is 13.9. The molecule has 0 saturated carbocycles. The molecule has 22 heavy (non-hydrogen) atoms. The first-order valence-electron chi connectivity index (χ1n) is 6.82. The predicted molar refractivity (Wildman–Crippen MR) is 86.5 cm³/mol. The summed E-state index contributed by atoms with van der Waals surface area (Å²) in [7, 11) is 1.99. The smallest absolute Gasteiger partial charge is 0.231 e. The van der Waals surface area contributed by atoms with Gasteiger partial charge in [-0.1, -0.05) is 23.5 Å². The Morgan fingerprint density at radius 2 is 2.00 bits per heavy atom. The third kappa shape index (κ3) is 2.27. The summed E-state index contributed by atoms with van der Waals surface area (Å²) in [5.74, 6) is 1.52. The number of aryl methyl sites for hydroxylation is 1. The molecule has 0 spiro atoms. The first kappa shape index (κ1) is 13.1. The lowest BCUT2D eigenvalue weighted by Crippen LogP contribution is -2.08. The topological polar surface area (TPSA) is 48.1 Å². The molecule has 5 nitrogen and oxygen atoms in total. The van der Waals surface area contributed by atoms with Gasteiger partial charge in [-0.2, -0.15) is 5.10 Å². The van der Waals surface area contributed by atoms with Gasteiger partial charge in [-0.05, 0) is 35.9 Å². The molecule has 0 N–H and O–H groups in total. The number of nitrogens with zero attached hydrogens (tertiary/aromatic N) is 3. The van der Waals surface area contributed by atoms with Crippen molar-refractivity contribution in [1.29, 1.82) is 0 Å². The van der Waals surface area contributed by atoms with E-state index < -0.39 is 0 Å². The molecule has 1 aliphatic heterocycles. The Morgan fingerprint density at radius 1 is 1.14 bits per heavy atom. The maximum atomic E-state index is 5.35. The largest absolute Gasteiger partial charge is 0.454 e. The van der Waals surface area contributed by atoms with Crippen molar-refractivity contribution in [3.63, 3.8) is 0 Å². The van der Waals surface area contributed by atoms with Crippen molar-refractivity contribution in [2.24, 2.45) is 17.3 Å². The van der Waals surface area contributed by atoms with E-state index in [1.807, 2.05) is 41.9 Å². The molecule has 2 aromatic carbocycles. The molecule has 0 bridgehead atoms. The molecule has 0 fully saturated rings. The number of hydrogen-bond donors (Lipinski definition) is 0. The van der Waals surface area contributed by atoms with Gasteiger partial charge in [0, 0.05) is 7.05 Å². The Balaban J connectivity index is 1.66. The number of thiazole rings is 1. The first-order chi connectivity index (χ1) is 10.8. The van der Waals surface area contributed by atoms with Crippen LogP contribution in [0.25, 0.3) is 10.2 Å². The zero-order valence-electron chi connectivity index (χ0n) is 11.9. The number of fused-ring (bicyclic) bond motifs is 2. The number of aromatic nitrogens is 1. The Labute approximate surface area is 130 Å². The van der Waals surface area contributed by atoms with Crippen molar-refractivity contribution in [2.45, 2.75) is 0 Å². The zero-order valence-corrected chi connectivity index (χ0v) is 12.7. The summed E-state index contributed by atoms with van der Waals surface area (Å²) in [5, 5.41) is 8.50. The zero-order chi connectivity index (χ0) is 14.9. The van der Waals surface area contributed by atoms with Crippen LogP contribution in [0.15, 0.2) is 52.7 Å². The van der Waals surface area contributed by atoms with Gasteiger partial charge in [0.05, 0.1) is 16.4 Å². The van der Waals surface area contributed by atoms with E-state index in [4.69, 9.17) is 9.47 Å². The van der Waals surface area contributed by atoms with Crippen molar-refractivity contribution >= 4 is 27.8 Å². The van der Waals surface area contributed by atoms with Crippen LogP contribution in [-0.2, 0) is 7.05 Å². The minimum absolute atomic E-state index is 0.276. The second-order valence-electron chi connectivity index (χ2n) is 4.87. The maximum Gasteiger partial charge on any atom is 0.231 e. The summed E-state index contributed by atoms with van der Waals surface area (Å²) in [6.45, 7) is 0.276. The van der Waals surface area contributed by atoms with E-state index in [0.29, 0.717) is 0 Å². The van der Waals surface area contributed by atoms with Crippen molar-refractivity contribution in [1.82, 2.24) is 4.57 Å². The van der Waals surface area contributed by atoms with Crippen LogP contribution >= 0.6 is 11.3 Å². The van der Waals surface area contributed by atoms with Gasteiger partial charge in [-0.25, -0.2) is 0 Å². The van der Waals surface area contributed by atoms with Gasteiger partial charge in [-0.15, -0.1) is 5.10 Å².